The molecule has 2 aromatic carbocycles. The minimum Gasteiger partial charge on any atom is -0.482 e. The maximum absolute atomic E-state index is 12.9. The van der Waals surface area contributed by atoms with Gasteiger partial charge in [-0.15, -0.1) is 0 Å². The first-order valence-electron chi connectivity index (χ1n) is 8.48. The largest absolute Gasteiger partial charge is 0.482 e. The molecule has 0 aliphatic heterocycles. The second-order valence-corrected chi connectivity index (χ2v) is 6.03. The molecule has 7 heteroatoms. The number of anilines is 1. The molecule has 0 bridgehead atoms. The van der Waals surface area contributed by atoms with E-state index in [2.05, 4.69) is 5.32 Å². The van der Waals surface area contributed by atoms with Crippen molar-refractivity contribution in [2.75, 3.05) is 11.9 Å². The highest BCUT2D eigenvalue weighted by Gasteiger charge is 2.10. The van der Waals surface area contributed by atoms with Crippen LogP contribution in [0.15, 0.2) is 54.1 Å². The highest BCUT2D eigenvalue weighted by Crippen LogP contribution is 2.16. The number of nitrogens with zero attached hydrogens (tertiary/aromatic N) is 1. The molecule has 1 N–H and O–H groups in total. The summed E-state index contributed by atoms with van der Waals surface area (Å²) in [7, 11) is 0. The van der Waals surface area contributed by atoms with Crippen molar-refractivity contribution >= 4 is 23.6 Å². The molecule has 0 saturated heterocycles. The number of nitrogens with one attached hydrogen (secondary N) is 1. The zero-order chi connectivity index (χ0) is 20.5. The van der Waals surface area contributed by atoms with Crippen LogP contribution in [-0.2, 0) is 14.3 Å². The molecular formula is C21H19FN2O4. The van der Waals surface area contributed by atoms with Gasteiger partial charge in [0.15, 0.2) is 6.61 Å². The van der Waals surface area contributed by atoms with Crippen LogP contribution in [-0.4, -0.2) is 24.6 Å². The standard InChI is InChI=1S/C21H19FN2O4/c1-14(2)28-20(25)13-27-19-9-3-15(4-10-19)11-16(12-23)21(26)24-18-7-5-17(22)6-8-18/h3-11,14H,13H2,1-2H3,(H,24,26)/b16-11-. The maximum atomic E-state index is 12.9. The number of halogens is 1. The van der Waals surface area contributed by atoms with E-state index in [4.69, 9.17) is 9.47 Å². The van der Waals surface area contributed by atoms with Crippen molar-refractivity contribution in [3.8, 4) is 11.8 Å². The average Bonchev–Trinajstić information content (AvgIpc) is 2.66. The molecule has 0 saturated carbocycles. The molecular weight excluding hydrogens is 363 g/mol. The normalized spacial score (nSPS) is 10.9. The summed E-state index contributed by atoms with van der Waals surface area (Å²) in [6.07, 6.45) is 1.20. The number of hydrogen-bond donors (Lipinski definition) is 1. The van der Waals surface area contributed by atoms with Gasteiger partial charge in [0.1, 0.15) is 23.2 Å². The maximum Gasteiger partial charge on any atom is 0.344 e. The number of carbonyl (C=O) groups excluding carboxylic acids is 2. The number of amides is 1. The van der Waals surface area contributed by atoms with Crippen LogP contribution >= 0.6 is 0 Å². The average molecular weight is 382 g/mol. The lowest BCUT2D eigenvalue weighted by atomic mass is 10.1. The quantitative estimate of drug-likeness (QED) is 0.448. The molecule has 144 valence electrons. The van der Waals surface area contributed by atoms with Crippen molar-refractivity contribution < 1.29 is 23.5 Å². The summed E-state index contributed by atoms with van der Waals surface area (Å²) < 4.78 is 23.2. The number of rotatable bonds is 7. The lowest BCUT2D eigenvalue weighted by molar-refractivity contribution is -0.149. The van der Waals surface area contributed by atoms with Gasteiger partial charge in [0.2, 0.25) is 0 Å². The fourth-order valence-corrected chi connectivity index (χ4v) is 2.15. The minimum absolute atomic E-state index is 0.112. The first-order chi connectivity index (χ1) is 13.4. The number of benzene rings is 2. The van der Waals surface area contributed by atoms with Crippen molar-refractivity contribution in [1.29, 1.82) is 5.26 Å². The molecule has 0 spiro atoms. The molecule has 2 aromatic rings. The van der Waals surface area contributed by atoms with Crippen LogP contribution in [0.1, 0.15) is 19.4 Å². The van der Waals surface area contributed by atoms with Crippen LogP contribution < -0.4 is 10.1 Å². The number of carbonyl (C=O) groups is 2. The smallest absolute Gasteiger partial charge is 0.344 e. The predicted molar refractivity (Wildman–Crippen MR) is 102 cm³/mol. The summed E-state index contributed by atoms with van der Waals surface area (Å²) in [5.74, 6) is -1.05. The lowest BCUT2D eigenvalue weighted by Crippen LogP contribution is -2.18. The Morgan fingerprint density at radius 2 is 1.79 bits per heavy atom. The highest BCUT2D eigenvalue weighted by molar-refractivity contribution is 6.09. The van der Waals surface area contributed by atoms with Crippen molar-refractivity contribution in [1.82, 2.24) is 0 Å². The van der Waals surface area contributed by atoms with E-state index in [1.165, 1.54) is 30.3 Å². The van der Waals surface area contributed by atoms with E-state index >= 15 is 0 Å². The van der Waals surface area contributed by atoms with E-state index in [-0.39, 0.29) is 18.3 Å². The first kappa shape index (κ1) is 20.6. The van der Waals surface area contributed by atoms with Gasteiger partial charge in [-0.3, -0.25) is 4.79 Å². The Labute approximate surface area is 162 Å². The van der Waals surface area contributed by atoms with Crippen LogP contribution in [0.4, 0.5) is 10.1 Å². The molecule has 0 aromatic heterocycles. The molecule has 28 heavy (non-hydrogen) atoms. The van der Waals surface area contributed by atoms with Gasteiger partial charge in [-0.1, -0.05) is 12.1 Å². The van der Waals surface area contributed by atoms with E-state index in [9.17, 15) is 19.2 Å². The summed E-state index contributed by atoms with van der Waals surface area (Å²) in [5, 5.41) is 11.8. The highest BCUT2D eigenvalue weighted by atomic mass is 19.1. The molecule has 0 radical (unpaired) electrons. The number of hydrogen-bond acceptors (Lipinski definition) is 5. The molecule has 6 nitrogen and oxygen atoms in total. The third-order valence-corrected chi connectivity index (χ3v) is 3.38. The van der Waals surface area contributed by atoms with E-state index < -0.39 is 17.7 Å². The third-order valence-electron chi connectivity index (χ3n) is 3.38. The molecule has 2 rings (SSSR count). The topological polar surface area (TPSA) is 88.4 Å². The van der Waals surface area contributed by atoms with Crippen LogP contribution in [0.25, 0.3) is 6.08 Å². The number of esters is 1. The summed E-state index contributed by atoms with van der Waals surface area (Å²) in [4.78, 5) is 23.7. The summed E-state index contributed by atoms with van der Waals surface area (Å²) in [6.45, 7) is 3.28. The molecule has 0 unspecified atom stereocenters. The number of ether oxygens (including phenoxy) is 2. The molecule has 0 atom stereocenters. The van der Waals surface area contributed by atoms with Gasteiger partial charge in [0.05, 0.1) is 6.10 Å². The summed E-state index contributed by atoms with van der Waals surface area (Å²) >= 11 is 0. The van der Waals surface area contributed by atoms with Gasteiger partial charge < -0.3 is 14.8 Å². The fourth-order valence-electron chi connectivity index (χ4n) is 2.15. The van der Waals surface area contributed by atoms with Gasteiger partial charge in [0, 0.05) is 5.69 Å². The zero-order valence-corrected chi connectivity index (χ0v) is 15.4. The van der Waals surface area contributed by atoms with Crippen molar-refractivity contribution in [2.24, 2.45) is 0 Å². The van der Waals surface area contributed by atoms with Crippen molar-refractivity contribution in [2.45, 2.75) is 20.0 Å². The van der Waals surface area contributed by atoms with Crippen LogP contribution in [0.5, 0.6) is 5.75 Å². The molecule has 0 heterocycles. The Morgan fingerprint density at radius 1 is 1.14 bits per heavy atom. The second kappa shape index (κ2) is 9.88. The van der Waals surface area contributed by atoms with Gasteiger partial charge in [0.25, 0.3) is 5.91 Å². The van der Waals surface area contributed by atoms with Gasteiger partial charge in [-0.05, 0) is 61.9 Å². The Balaban J connectivity index is 1.99. The molecule has 0 fully saturated rings. The second-order valence-electron chi connectivity index (χ2n) is 6.03. The summed E-state index contributed by atoms with van der Waals surface area (Å²) in [5.41, 5.74) is 0.867. The van der Waals surface area contributed by atoms with E-state index in [1.54, 1.807) is 38.1 Å². The number of nitriles is 1. The van der Waals surface area contributed by atoms with Gasteiger partial charge in [-0.25, -0.2) is 9.18 Å². The van der Waals surface area contributed by atoms with E-state index in [0.29, 0.717) is 17.0 Å². The molecule has 0 aliphatic carbocycles. The minimum atomic E-state index is -0.606. The molecule has 0 aliphatic rings. The zero-order valence-electron chi connectivity index (χ0n) is 15.4. The van der Waals surface area contributed by atoms with Crippen LogP contribution in [0.2, 0.25) is 0 Å². The Kier molecular flexibility index (Phi) is 7.28. The van der Waals surface area contributed by atoms with Gasteiger partial charge >= 0.3 is 5.97 Å². The van der Waals surface area contributed by atoms with Crippen LogP contribution in [0.3, 0.4) is 0 Å². The van der Waals surface area contributed by atoms with Gasteiger partial charge in [-0.2, -0.15) is 5.26 Å². The first-order valence-corrected chi connectivity index (χ1v) is 8.48. The monoisotopic (exact) mass is 382 g/mol. The lowest BCUT2D eigenvalue weighted by Gasteiger charge is -2.09. The Morgan fingerprint density at radius 3 is 2.36 bits per heavy atom. The van der Waals surface area contributed by atoms with Crippen molar-refractivity contribution in [3.05, 3.63) is 65.5 Å². The third kappa shape index (κ3) is 6.57. The Hall–Kier alpha value is -3.66. The van der Waals surface area contributed by atoms with Crippen molar-refractivity contribution in [3.63, 3.8) is 0 Å². The predicted octanol–water partition coefficient (Wildman–Crippen LogP) is 3.70. The van der Waals surface area contributed by atoms with Crippen LogP contribution in [0, 0.1) is 17.1 Å². The SMILES string of the molecule is CC(C)OC(=O)COc1ccc(/C=C(/C#N)C(=O)Nc2ccc(F)cc2)cc1. The summed E-state index contributed by atoms with van der Waals surface area (Å²) in [6, 6.07) is 13.6. The van der Waals surface area contributed by atoms with E-state index in [1.807, 2.05) is 6.07 Å². The van der Waals surface area contributed by atoms with E-state index in [0.717, 1.165) is 0 Å². The Bertz CT molecular complexity index is 897. The molecule has 1 amide bonds. The fraction of sp³-hybridized carbons (Fsp3) is 0.190.